The van der Waals surface area contributed by atoms with Gasteiger partial charge in [-0.15, -0.1) is 0 Å². The number of nitrogens with zero attached hydrogens (tertiary/aromatic N) is 2. The fourth-order valence-electron chi connectivity index (χ4n) is 3.21. The molecule has 1 N–H and O–H groups in total. The molecule has 1 unspecified atom stereocenters. The number of hydrogen-bond donors (Lipinski definition) is 1. The molecule has 0 aromatic heterocycles. The lowest BCUT2D eigenvalue weighted by atomic mass is 10.1. The van der Waals surface area contributed by atoms with E-state index in [1.165, 1.54) is 5.56 Å². The van der Waals surface area contributed by atoms with Crippen LogP contribution in [0.15, 0.2) is 29.3 Å². The lowest BCUT2D eigenvalue weighted by Gasteiger charge is -2.34. The Bertz CT molecular complexity index is 569. The van der Waals surface area contributed by atoms with Gasteiger partial charge in [0.05, 0.1) is 12.6 Å². The van der Waals surface area contributed by atoms with Gasteiger partial charge in [0, 0.05) is 40.0 Å². The first kappa shape index (κ1) is 22.5. The Balaban J connectivity index is 1.79. The molecule has 1 aromatic rings. The second-order valence-corrected chi connectivity index (χ2v) is 7.34. The van der Waals surface area contributed by atoms with Gasteiger partial charge in [0.2, 0.25) is 0 Å². The van der Waals surface area contributed by atoms with E-state index in [-0.39, 0.29) is 6.10 Å². The number of ether oxygens (including phenoxy) is 3. The van der Waals surface area contributed by atoms with Gasteiger partial charge in [-0.05, 0) is 52.2 Å². The highest BCUT2D eigenvalue weighted by atomic mass is 16.5. The summed E-state index contributed by atoms with van der Waals surface area (Å²) in [7, 11) is 1.73. The predicted octanol–water partition coefficient (Wildman–Crippen LogP) is 3.25. The zero-order valence-corrected chi connectivity index (χ0v) is 17.9. The number of methoxy groups -OCH3 is 1. The number of rotatable bonds is 10. The fraction of sp³-hybridized carbons (Fsp3) is 0.682. The molecular formula is C22H37N3O3. The first-order chi connectivity index (χ1) is 13.6. The Kier molecular flexibility index (Phi) is 10.1. The van der Waals surface area contributed by atoms with Gasteiger partial charge < -0.3 is 24.4 Å². The van der Waals surface area contributed by atoms with Crippen molar-refractivity contribution >= 4 is 5.96 Å². The van der Waals surface area contributed by atoms with E-state index in [2.05, 4.69) is 43.1 Å². The molecule has 1 aliphatic rings. The average Bonchev–Trinajstić information content (AvgIpc) is 2.71. The van der Waals surface area contributed by atoms with Crippen LogP contribution in [-0.2, 0) is 9.47 Å². The van der Waals surface area contributed by atoms with Gasteiger partial charge in [-0.3, -0.25) is 0 Å². The Hall–Kier alpha value is -1.79. The largest absolute Gasteiger partial charge is 0.489 e. The van der Waals surface area contributed by atoms with E-state index < -0.39 is 0 Å². The molecule has 158 valence electrons. The standard InChI is InChI=1S/C22H37N3O3/c1-5-23-22(24-17-19(3)28-21-9-7-18(2)8-10-21)25-13-11-20(12-14-25)27-16-6-15-26-4/h7-10,19-20H,5-6,11-17H2,1-4H3,(H,23,24). The number of guanidine groups is 1. The smallest absolute Gasteiger partial charge is 0.194 e. The van der Waals surface area contributed by atoms with Crippen LogP contribution < -0.4 is 10.1 Å². The molecular weight excluding hydrogens is 354 g/mol. The second kappa shape index (κ2) is 12.6. The Morgan fingerprint density at radius 1 is 1.21 bits per heavy atom. The third-order valence-electron chi connectivity index (χ3n) is 4.78. The topological polar surface area (TPSA) is 55.3 Å². The maximum absolute atomic E-state index is 5.98. The molecule has 1 aromatic carbocycles. The molecule has 1 atom stereocenters. The molecule has 6 heteroatoms. The molecule has 0 amide bonds. The van der Waals surface area contributed by atoms with E-state index >= 15 is 0 Å². The molecule has 6 nitrogen and oxygen atoms in total. The summed E-state index contributed by atoms with van der Waals surface area (Å²) in [6.07, 6.45) is 3.40. The molecule has 2 rings (SSSR count). The third-order valence-corrected chi connectivity index (χ3v) is 4.78. The van der Waals surface area contributed by atoms with E-state index in [1.54, 1.807) is 7.11 Å². The summed E-state index contributed by atoms with van der Waals surface area (Å²) in [5, 5.41) is 3.42. The Morgan fingerprint density at radius 3 is 2.57 bits per heavy atom. The second-order valence-electron chi connectivity index (χ2n) is 7.34. The van der Waals surface area contributed by atoms with Crippen molar-refractivity contribution in [2.75, 3.05) is 46.5 Å². The van der Waals surface area contributed by atoms with Crippen LogP contribution in [0.25, 0.3) is 0 Å². The number of benzene rings is 1. The quantitative estimate of drug-likeness (QED) is 0.377. The van der Waals surface area contributed by atoms with Crippen molar-refractivity contribution in [2.45, 2.75) is 52.2 Å². The van der Waals surface area contributed by atoms with Crippen molar-refractivity contribution in [3.8, 4) is 5.75 Å². The highest BCUT2D eigenvalue weighted by molar-refractivity contribution is 5.80. The third kappa shape index (κ3) is 8.07. The highest BCUT2D eigenvalue weighted by Crippen LogP contribution is 2.15. The lowest BCUT2D eigenvalue weighted by Crippen LogP contribution is -2.47. The van der Waals surface area contributed by atoms with Crippen molar-refractivity contribution < 1.29 is 14.2 Å². The first-order valence-electron chi connectivity index (χ1n) is 10.5. The molecule has 28 heavy (non-hydrogen) atoms. The molecule has 1 aliphatic heterocycles. The van der Waals surface area contributed by atoms with Gasteiger partial charge in [0.15, 0.2) is 5.96 Å². The van der Waals surface area contributed by atoms with Crippen LogP contribution in [0.1, 0.15) is 38.7 Å². The van der Waals surface area contributed by atoms with E-state index in [4.69, 9.17) is 19.2 Å². The molecule has 0 radical (unpaired) electrons. The van der Waals surface area contributed by atoms with Crippen LogP contribution in [-0.4, -0.2) is 69.6 Å². The number of likely N-dealkylation sites (tertiary alicyclic amines) is 1. The van der Waals surface area contributed by atoms with Crippen LogP contribution in [0, 0.1) is 6.92 Å². The summed E-state index contributed by atoms with van der Waals surface area (Å²) in [4.78, 5) is 7.14. The normalized spacial score (nSPS) is 16.9. The molecule has 1 saturated heterocycles. The molecule has 0 saturated carbocycles. The van der Waals surface area contributed by atoms with Crippen molar-refractivity contribution in [3.05, 3.63) is 29.8 Å². The summed E-state index contributed by atoms with van der Waals surface area (Å²) >= 11 is 0. The van der Waals surface area contributed by atoms with Crippen LogP contribution in [0.5, 0.6) is 5.75 Å². The molecule has 0 aliphatic carbocycles. The van der Waals surface area contributed by atoms with E-state index in [0.717, 1.165) is 63.8 Å². The van der Waals surface area contributed by atoms with Gasteiger partial charge in [-0.1, -0.05) is 17.7 Å². The zero-order valence-electron chi connectivity index (χ0n) is 17.9. The van der Waals surface area contributed by atoms with Crippen molar-refractivity contribution in [3.63, 3.8) is 0 Å². The molecule has 0 spiro atoms. The summed E-state index contributed by atoms with van der Waals surface area (Å²) < 4.78 is 17.0. The SMILES string of the molecule is CCNC(=NCC(C)Oc1ccc(C)cc1)N1CCC(OCCCOC)CC1. The van der Waals surface area contributed by atoms with Crippen LogP contribution >= 0.6 is 0 Å². The minimum Gasteiger partial charge on any atom is -0.489 e. The number of hydrogen-bond acceptors (Lipinski definition) is 4. The van der Waals surface area contributed by atoms with E-state index in [0.29, 0.717) is 12.6 Å². The van der Waals surface area contributed by atoms with Gasteiger partial charge in [0.25, 0.3) is 0 Å². The summed E-state index contributed by atoms with van der Waals surface area (Å²) in [5.41, 5.74) is 1.23. The van der Waals surface area contributed by atoms with Crippen molar-refractivity contribution in [1.82, 2.24) is 10.2 Å². The summed E-state index contributed by atoms with van der Waals surface area (Å²) in [6.45, 7) is 11.2. The molecule has 0 bridgehead atoms. The number of piperidine rings is 1. The highest BCUT2D eigenvalue weighted by Gasteiger charge is 2.22. The Labute approximate surface area is 170 Å². The van der Waals surface area contributed by atoms with Gasteiger partial charge in [-0.2, -0.15) is 0 Å². The number of nitrogens with one attached hydrogen (secondary N) is 1. The van der Waals surface area contributed by atoms with Gasteiger partial charge in [0.1, 0.15) is 11.9 Å². The summed E-state index contributed by atoms with van der Waals surface area (Å²) in [5.74, 6) is 1.87. The lowest BCUT2D eigenvalue weighted by molar-refractivity contribution is 0.00988. The Morgan fingerprint density at radius 2 is 1.93 bits per heavy atom. The van der Waals surface area contributed by atoms with Crippen molar-refractivity contribution in [1.29, 1.82) is 0 Å². The zero-order chi connectivity index (χ0) is 20.2. The van der Waals surface area contributed by atoms with Crippen LogP contribution in [0.3, 0.4) is 0 Å². The van der Waals surface area contributed by atoms with Gasteiger partial charge in [-0.25, -0.2) is 4.99 Å². The summed E-state index contributed by atoms with van der Waals surface area (Å²) in [6, 6.07) is 8.16. The van der Waals surface area contributed by atoms with Gasteiger partial charge >= 0.3 is 0 Å². The van der Waals surface area contributed by atoms with E-state index in [1.807, 2.05) is 12.1 Å². The molecule has 1 heterocycles. The average molecular weight is 392 g/mol. The monoisotopic (exact) mass is 391 g/mol. The van der Waals surface area contributed by atoms with Crippen molar-refractivity contribution in [2.24, 2.45) is 4.99 Å². The minimum absolute atomic E-state index is 0.0259. The van der Waals surface area contributed by atoms with Crippen LogP contribution in [0.2, 0.25) is 0 Å². The maximum Gasteiger partial charge on any atom is 0.194 e. The number of aryl methyl sites for hydroxylation is 1. The first-order valence-corrected chi connectivity index (χ1v) is 10.5. The molecule has 1 fully saturated rings. The van der Waals surface area contributed by atoms with Crippen LogP contribution in [0.4, 0.5) is 0 Å². The predicted molar refractivity (Wildman–Crippen MR) is 114 cm³/mol. The maximum atomic E-state index is 5.98. The minimum atomic E-state index is 0.0259. The number of aliphatic imine (C=N–C) groups is 1. The van der Waals surface area contributed by atoms with E-state index in [9.17, 15) is 0 Å². The fourth-order valence-corrected chi connectivity index (χ4v) is 3.21.